The average Bonchev–Trinajstić information content (AvgIpc) is 2.94. The summed E-state index contributed by atoms with van der Waals surface area (Å²) in [4.78, 5) is 30.1. The topological polar surface area (TPSA) is 96.5 Å². The summed E-state index contributed by atoms with van der Waals surface area (Å²) in [7, 11) is 0. The highest BCUT2D eigenvalue weighted by atomic mass is 32.1. The monoisotopic (exact) mass is 303 g/mol. The van der Waals surface area contributed by atoms with Crippen LogP contribution in [0.4, 0.5) is 5.82 Å². The zero-order valence-electron chi connectivity index (χ0n) is 11.0. The summed E-state index contributed by atoms with van der Waals surface area (Å²) in [6.07, 6.45) is 2.26. The number of carboxylic acid groups (broad SMARTS) is 1. The van der Waals surface area contributed by atoms with Gasteiger partial charge in [-0.05, 0) is 35.6 Å². The fraction of sp³-hybridized carbons (Fsp3) is 0.214. The lowest BCUT2D eigenvalue weighted by Crippen LogP contribution is -2.40. The average molecular weight is 303 g/mol. The number of hydrogen-bond donors (Lipinski definition) is 2. The van der Waals surface area contributed by atoms with Crippen molar-refractivity contribution in [3.63, 3.8) is 0 Å². The standard InChI is InChI=1S/C14H13N3O3S/c15-12(18)9-2-1-5-16-13(9)17-6-3-10-8(4-7-21-10)11(17)14(19)20/h1-2,4-5,7,11H,3,6H2,(H2,15,18)(H,19,20). The molecule has 0 saturated heterocycles. The summed E-state index contributed by atoms with van der Waals surface area (Å²) in [5.41, 5.74) is 6.37. The van der Waals surface area contributed by atoms with E-state index in [1.54, 1.807) is 28.4 Å². The third-order valence-corrected chi connectivity index (χ3v) is 4.52. The molecule has 0 saturated carbocycles. The van der Waals surface area contributed by atoms with Crippen molar-refractivity contribution in [3.8, 4) is 0 Å². The molecule has 0 aromatic carbocycles. The molecule has 0 radical (unpaired) electrons. The SMILES string of the molecule is NC(=O)c1cccnc1N1CCc2sccc2C1C(=O)O. The maximum atomic E-state index is 11.7. The van der Waals surface area contributed by atoms with Crippen LogP contribution in [0.15, 0.2) is 29.8 Å². The van der Waals surface area contributed by atoms with E-state index in [2.05, 4.69) is 4.98 Å². The fourth-order valence-corrected chi connectivity index (χ4v) is 3.53. The summed E-state index contributed by atoms with van der Waals surface area (Å²) in [6, 6.07) is 4.15. The van der Waals surface area contributed by atoms with Gasteiger partial charge in [0.15, 0.2) is 6.04 Å². The van der Waals surface area contributed by atoms with Crippen molar-refractivity contribution < 1.29 is 14.7 Å². The Morgan fingerprint density at radius 1 is 1.43 bits per heavy atom. The highest BCUT2D eigenvalue weighted by molar-refractivity contribution is 7.10. The molecule has 0 bridgehead atoms. The predicted molar refractivity (Wildman–Crippen MR) is 78.5 cm³/mol. The van der Waals surface area contributed by atoms with Gasteiger partial charge in [-0.1, -0.05) is 0 Å². The normalized spacial score (nSPS) is 17.3. The summed E-state index contributed by atoms with van der Waals surface area (Å²) in [5.74, 6) is -1.25. The van der Waals surface area contributed by atoms with E-state index >= 15 is 0 Å². The molecule has 3 rings (SSSR count). The first-order valence-electron chi connectivity index (χ1n) is 6.40. The summed E-state index contributed by atoms with van der Waals surface area (Å²) < 4.78 is 0. The number of thiophene rings is 1. The Morgan fingerprint density at radius 3 is 2.95 bits per heavy atom. The third-order valence-electron chi connectivity index (χ3n) is 3.52. The Labute approximate surface area is 124 Å². The van der Waals surface area contributed by atoms with Crippen LogP contribution < -0.4 is 10.6 Å². The zero-order valence-corrected chi connectivity index (χ0v) is 11.8. The Morgan fingerprint density at radius 2 is 2.24 bits per heavy atom. The van der Waals surface area contributed by atoms with E-state index in [-0.39, 0.29) is 5.56 Å². The first-order valence-corrected chi connectivity index (χ1v) is 7.28. The van der Waals surface area contributed by atoms with Crippen LogP contribution >= 0.6 is 11.3 Å². The minimum absolute atomic E-state index is 0.238. The molecule has 6 nitrogen and oxygen atoms in total. The quantitative estimate of drug-likeness (QED) is 0.894. The highest BCUT2D eigenvalue weighted by Gasteiger charge is 2.35. The van der Waals surface area contributed by atoms with Crippen LogP contribution in [0.25, 0.3) is 0 Å². The van der Waals surface area contributed by atoms with Gasteiger partial charge in [0.05, 0.1) is 5.56 Å². The lowest BCUT2D eigenvalue weighted by molar-refractivity contribution is -0.138. The van der Waals surface area contributed by atoms with E-state index < -0.39 is 17.9 Å². The lowest BCUT2D eigenvalue weighted by atomic mass is 9.99. The second-order valence-corrected chi connectivity index (χ2v) is 5.72. The number of nitrogens with zero attached hydrogens (tertiary/aromatic N) is 2. The second kappa shape index (κ2) is 5.17. The Hall–Kier alpha value is -2.41. The molecule has 3 heterocycles. The maximum absolute atomic E-state index is 11.7. The molecule has 1 amide bonds. The van der Waals surface area contributed by atoms with Gasteiger partial charge in [0, 0.05) is 17.6 Å². The Balaban J connectivity index is 2.11. The summed E-state index contributed by atoms with van der Waals surface area (Å²) in [6.45, 7) is 0.488. The van der Waals surface area contributed by atoms with Gasteiger partial charge in [-0.25, -0.2) is 9.78 Å². The van der Waals surface area contributed by atoms with Crippen molar-refractivity contribution in [1.82, 2.24) is 4.98 Å². The molecule has 0 spiro atoms. The van der Waals surface area contributed by atoms with E-state index in [1.165, 1.54) is 6.20 Å². The van der Waals surface area contributed by atoms with Crippen LogP contribution in [-0.2, 0) is 11.2 Å². The number of rotatable bonds is 3. The van der Waals surface area contributed by atoms with E-state index in [1.807, 2.05) is 11.4 Å². The first kappa shape index (κ1) is 13.6. The van der Waals surface area contributed by atoms with Crippen molar-refractivity contribution in [2.24, 2.45) is 5.73 Å². The van der Waals surface area contributed by atoms with Crippen molar-refractivity contribution in [2.75, 3.05) is 11.4 Å². The van der Waals surface area contributed by atoms with E-state index in [4.69, 9.17) is 5.73 Å². The van der Waals surface area contributed by atoms with Crippen molar-refractivity contribution in [1.29, 1.82) is 0 Å². The molecule has 21 heavy (non-hydrogen) atoms. The van der Waals surface area contributed by atoms with Gasteiger partial charge in [-0.2, -0.15) is 0 Å². The van der Waals surface area contributed by atoms with Crippen molar-refractivity contribution in [2.45, 2.75) is 12.5 Å². The number of amides is 1. The number of fused-ring (bicyclic) bond motifs is 1. The number of carbonyl (C=O) groups is 2. The number of primary amides is 1. The number of carbonyl (C=O) groups excluding carboxylic acids is 1. The number of aliphatic carboxylic acids is 1. The number of aromatic nitrogens is 1. The minimum Gasteiger partial charge on any atom is -0.479 e. The molecule has 2 aromatic rings. The van der Waals surface area contributed by atoms with Crippen LogP contribution in [0, 0.1) is 0 Å². The smallest absolute Gasteiger partial charge is 0.331 e. The molecule has 1 aliphatic heterocycles. The number of carboxylic acids is 1. The van der Waals surface area contributed by atoms with E-state index in [0.717, 1.165) is 16.9 Å². The van der Waals surface area contributed by atoms with E-state index in [9.17, 15) is 14.7 Å². The van der Waals surface area contributed by atoms with Gasteiger partial charge in [0.1, 0.15) is 5.82 Å². The van der Waals surface area contributed by atoms with Gasteiger partial charge >= 0.3 is 5.97 Å². The predicted octanol–water partition coefficient (Wildman–Crippen LogP) is 1.43. The molecule has 7 heteroatoms. The van der Waals surface area contributed by atoms with Crippen LogP contribution in [-0.4, -0.2) is 28.5 Å². The van der Waals surface area contributed by atoms with Gasteiger partial charge in [0.25, 0.3) is 5.91 Å². The molecular formula is C14H13N3O3S. The molecule has 0 aliphatic carbocycles. The van der Waals surface area contributed by atoms with Crippen LogP contribution in [0.1, 0.15) is 26.8 Å². The molecule has 0 fully saturated rings. The molecule has 1 atom stereocenters. The Bertz CT molecular complexity index is 713. The van der Waals surface area contributed by atoms with Crippen molar-refractivity contribution in [3.05, 3.63) is 45.8 Å². The van der Waals surface area contributed by atoms with E-state index in [0.29, 0.717) is 12.4 Å². The van der Waals surface area contributed by atoms with Gasteiger partial charge in [-0.15, -0.1) is 11.3 Å². The van der Waals surface area contributed by atoms with Crippen LogP contribution in [0.5, 0.6) is 0 Å². The minimum atomic E-state index is -0.963. The highest BCUT2D eigenvalue weighted by Crippen LogP contribution is 2.36. The third kappa shape index (κ3) is 2.25. The summed E-state index contributed by atoms with van der Waals surface area (Å²) in [5, 5.41) is 11.5. The maximum Gasteiger partial charge on any atom is 0.331 e. The number of hydrogen-bond acceptors (Lipinski definition) is 5. The number of pyridine rings is 1. The number of anilines is 1. The molecule has 1 unspecified atom stereocenters. The molecule has 1 aliphatic rings. The van der Waals surface area contributed by atoms with Gasteiger partial charge in [0.2, 0.25) is 0 Å². The number of nitrogens with two attached hydrogens (primary N) is 1. The zero-order chi connectivity index (χ0) is 15.0. The largest absolute Gasteiger partial charge is 0.479 e. The van der Waals surface area contributed by atoms with Crippen molar-refractivity contribution >= 4 is 29.0 Å². The molecule has 108 valence electrons. The van der Waals surface area contributed by atoms with Gasteiger partial charge in [-0.3, -0.25) is 4.79 Å². The molecule has 2 aromatic heterocycles. The second-order valence-electron chi connectivity index (χ2n) is 4.72. The molecular weight excluding hydrogens is 290 g/mol. The molecule has 3 N–H and O–H groups in total. The fourth-order valence-electron chi connectivity index (χ4n) is 2.63. The Kier molecular flexibility index (Phi) is 3.34. The lowest BCUT2D eigenvalue weighted by Gasteiger charge is -2.34. The van der Waals surface area contributed by atoms with Gasteiger partial charge < -0.3 is 15.7 Å². The van der Waals surface area contributed by atoms with Crippen LogP contribution in [0.2, 0.25) is 0 Å². The summed E-state index contributed by atoms with van der Waals surface area (Å²) >= 11 is 1.55. The van der Waals surface area contributed by atoms with Crippen LogP contribution in [0.3, 0.4) is 0 Å². The first-order chi connectivity index (χ1) is 10.1.